The first kappa shape index (κ1) is 21.6. The van der Waals surface area contributed by atoms with E-state index >= 15 is 0 Å². The summed E-state index contributed by atoms with van der Waals surface area (Å²) in [5.41, 5.74) is 9.11. The normalized spacial score (nSPS) is 11.8. The zero-order valence-electron chi connectivity index (χ0n) is 17.3. The number of hydrazone groups is 1. The lowest BCUT2D eigenvalue weighted by Gasteiger charge is -2.14. The standard InChI is InChI=1S/C23H24N4O4/c1-15(26-19-9-8-17-5-3-4-6-18(17)12-19)23(29)27-25-13-16-7-10-20(30-2)21(11-16)31-14-22(24)28/h3-13,15,26H,14H2,1-2H3,(H2,24,28)(H,27,29)/b25-13-/t15-/m0/s1. The van der Waals surface area contributed by atoms with Gasteiger partial charge in [0.1, 0.15) is 6.04 Å². The lowest BCUT2D eigenvalue weighted by atomic mass is 10.1. The molecule has 0 heterocycles. The van der Waals surface area contributed by atoms with Crippen molar-refractivity contribution in [3.8, 4) is 11.5 Å². The van der Waals surface area contributed by atoms with Gasteiger partial charge in [-0.2, -0.15) is 5.10 Å². The van der Waals surface area contributed by atoms with E-state index in [9.17, 15) is 9.59 Å². The zero-order valence-corrected chi connectivity index (χ0v) is 17.3. The Labute approximate surface area is 180 Å². The number of nitrogens with zero attached hydrogens (tertiary/aromatic N) is 1. The lowest BCUT2D eigenvalue weighted by Crippen LogP contribution is -2.34. The third kappa shape index (κ3) is 5.96. The van der Waals surface area contributed by atoms with Crippen LogP contribution < -0.4 is 25.9 Å². The summed E-state index contributed by atoms with van der Waals surface area (Å²) in [6.45, 7) is 1.48. The van der Waals surface area contributed by atoms with E-state index in [4.69, 9.17) is 15.2 Å². The van der Waals surface area contributed by atoms with Crippen molar-refractivity contribution in [2.75, 3.05) is 19.0 Å². The Morgan fingerprint density at radius 2 is 1.84 bits per heavy atom. The fraction of sp³-hybridized carbons (Fsp3) is 0.174. The number of fused-ring (bicyclic) bond motifs is 1. The summed E-state index contributed by atoms with van der Waals surface area (Å²) in [7, 11) is 1.49. The van der Waals surface area contributed by atoms with E-state index in [1.165, 1.54) is 13.3 Å². The van der Waals surface area contributed by atoms with Crippen LogP contribution in [-0.4, -0.2) is 37.8 Å². The van der Waals surface area contributed by atoms with Crippen LogP contribution in [0.4, 0.5) is 5.69 Å². The summed E-state index contributed by atoms with van der Waals surface area (Å²) >= 11 is 0. The highest BCUT2D eigenvalue weighted by molar-refractivity contribution is 5.89. The number of nitrogens with two attached hydrogens (primary N) is 1. The van der Waals surface area contributed by atoms with E-state index in [1.54, 1.807) is 25.1 Å². The first-order valence-electron chi connectivity index (χ1n) is 9.63. The summed E-state index contributed by atoms with van der Waals surface area (Å²) in [4.78, 5) is 23.3. The van der Waals surface area contributed by atoms with Crippen molar-refractivity contribution in [3.05, 3.63) is 66.2 Å². The summed E-state index contributed by atoms with van der Waals surface area (Å²) < 4.78 is 10.5. The molecule has 0 radical (unpaired) electrons. The first-order chi connectivity index (χ1) is 15.0. The summed E-state index contributed by atoms with van der Waals surface area (Å²) in [6, 6.07) is 18.5. The number of methoxy groups -OCH3 is 1. The molecule has 160 valence electrons. The van der Waals surface area contributed by atoms with Gasteiger partial charge in [0.25, 0.3) is 11.8 Å². The Morgan fingerprint density at radius 3 is 2.58 bits per heavy atom. The van der Waals surface area contributed by atoms with Gasteiger partial charge < -0.3 is 20.5 Å². The second kappa shape index (κ2) is 10.1. The maximum atomic E-state index is 12.4. The molecule has 8 heteroatoms. The second-order valence-electron chi connectivity index (χ2n) is 6.83. The average Bonchev–Trinajstić information content (AvgIpc) is 2.77. The van der Waals surface area contributed by atoms with Crippen molar-refractivity contribution in [3.63, 3.8) is 0 Å². The fourth-order valence-electron chi connectivity index (χ4n) is 2.90. The van der Waals surface area contributed by atoms with Crippen LogP contribution >= 0.6 is 0 Å². The minimum Gasteiger partial charge on any atom is -0.493 e. The molecule has 0 aliphatic heterocycles. The monoisotopic (exact) mass is 420 g/mol. The van der Waals surface area contributed by atoms with Gasteiger partial charge in [0.05, 0.1) is 13.3 Å². The molecule has 3 aromatic rings. The van der Waals surface area contributed by atoms with Crippen molar-refractivity contribution >= 4 is 34.5 Å². The second-order valence-corrected chi connectivity index (χ2v) is 6.83. The Balaban J connectivity index is 1.59. The van der Waals surface area contributed by atoms with E-state index < -0.39 is 11.9 Å². The number of rotatable bonds is 9. The van der Waals surface area contributed by atoms with Crippen molar-refractivity contribution in [1.82, 2.24) is 5.43 Å². The number of primary amides is 1. The highest BCUT2D eigenvalue weighted by atomic mass is 16.5. The molecule has 0 bridgehead atoms. The number of hydrogen-bond acceptors (Lipinski definition) is 6. The molecule has 3 rings (SSSR count). The van der Waals surface area contributed by atoms with Gasteiger partial charge in [-0.25, -0.2) is 5.43 Å². The maximum absolute atomic E-state index is 12.4. The molecule has 2 amide bonds. The third-order valence-corrected chi connectivity index (χ3v) is 4.47. The topological polar surface area (TPSA) is 115 Å². The number of nitrogens with one attached hydrogen (secondary N) is 2. The molecule has 4 N–H and O–H groups in total. The van der Waals surface area contributed by atoms with Crippen molar-refractivity contribution in [2.24, 2.45) is 10.8 Å². The van der Waals surface area contributed by atoms with Crippen LogP contribution in [0, 0.1) is 0 Å². The Bertz CT molecular complexity index is 1110. The van der Waals surface area contributed by atoms with Crippen molar-refractivity contribution < 1.29 is 19.1 Å². The molecular weight excluding hydrogens is 396 g/mol. The third-order valence-electron chi connectivity index (χ3n) is 4.47. The van der Waals surface area contributed by atoms with Gasteiger partial charge in [-0.15, -0.1) is 0 Å². The van der Waals surface area contributed by atoms with Crippen molar-refractivity contribution in [2.45, 2.75) is 13.0 Å². The van der Waals surface area contributed by atoms with Crippen LogP contribution in [0.15, 0.2) is 65.8 Å². The number of anilines is 1. The van der Waals surface area contributed by atoms with Gasteiger partial charge in [0, 0.05) is 5.69 Å². The number of benzene rings is 3. The minimum absolute atomic E-state index is 0.272. The van der Waals surface area contributed by atoms with Gasteiger partial charge in [-0.1, -0.05) is 30.3 Å². The van der Waals surface area contributed by atoms with Crippen molar-refractivity contribution in [1.29, 1.82) is 0 Å². The highest BCUT2D eigenvalue weighted by Gasteiger charge is 2.12. The highest BCUT2D eigenvalue weighted by Crippen LogP contribution is 2.27. The smallest absolute Gasteiger partial charge is 0.262 e. The Kier molecular flexibility index (Phi) is 7.05. The van der Waals surface area contributed by atoms with Gasteiger partial charge >= 0.3 is 0 Å². The van der Waals surface area contributed by atoms with E-state index in [1.807, 2.05) is 42.5 Å². The van der Waals surface area contributed by atoms with Crippen LogP contribution in [0.1, 0.15) is 12.5 Å². The predicted molar refractivity (Wildman–Crippen MR) is 120 cm³/mol. The number of hydrogen-bond donors (Lipinski definition) is 3. The number of amides is 2. The lowest BCUT2D eigenvalue weighted by molar-refractivity contribution is -0.121. The van der Waals surface area contributed by atoms with Crippen LogP contribution in [0.2, 0.25) is 0 Å². The number of carbonyl (C=O) groups excluding carboxylic acids is 2. The first-order valence-corrected chi connectivity index (χ1v) is 9.63. The van der Waals surface area contributed by atoms with Gasteiger partial charge in [-0.05, 0) is 53.6 Å². The molecule has 8 nitrogen and oxygen atoms in total. The molecule has 0 spiro atoms. The average molecular weight is 420 g/mol. The largest absolute Gasteiger partial charge is 0.493 e. The molecule has 0 aliphatic rings. The van der Waals surface area contributed by atoms with E-state index in [0.29, 0.717) is 17.1 Å². The molecule has 3 aromatic carbocycles. The molecule has 0 saturated heterocycles. The molecule has 0 fully saturated rings. The summed E-state index contributed by atoms with van der Waals surface area (Å²) in [5, 5.41) is 9.38. The van der Waals surface area contributed by atoms with Crippen LogP contribution in [-0.2, 0) is 9.59 Å². The Morgan fingerprint density at radius 1 is 1.06 bits per heavy atom. The van der Waals surface area contributed by atoms with E-state index in [-0.39, 0.29) is 12.5 Å². The molecule has 0 aromatic heterocycles. The molecule has 0 saturated carbocycles. The van der Waals surface area contributed by atoms with E-state index in [2.05, 4.69) is 15.8 Å². The van der Waals surface area contributed by atoms with Gasteiger partial charge in [-0.3, -0.25) is 9.59 Å². The van der Waals surface area contributed by atoms with Crippen LogP contribution in [0.3, 0.4) is 0 Å². The summed E-state index contributed by atoms with van der Waals surface area (Å²) in [5.74, 6) is -0.0806. The zero-order chi connectivity index (χ0) is 22.2. The minimum atomic E-state index is -0.596. The summed E-state index contributed by atoms with van der Waals surface area (Å²) in [6.07, 6.45) is 1.47. The number of ether oxygens (including phenoxy) is 2. The fourth-order valence-corrected chi connectivity index (χ4v) is 2.90. The van der Waals surface area contributed by atoms with Crippen LogP contribution in [0.25, 0.3) is 10.8 Å². The molecular formula is C23H24N4O4. The molecule has 0 aliphatic carbocycles. The van der Waals surface area contributed by atoms with Crippen LogP contribution in [0.5, 0.6) is 11.5 Å². The van der Waals surface area contributed by atoms with Gasteiger partial charge in [0.2, 0.25) is 0 Å². The van der Waals surface area contributed by atoms with E-state index in [0.717, 1.165) is 16.5 Å². The maximum Gasteiger partial charge on any atom is 0.262 e. The Hall–Kier alpha value is -4.07. The van der Waals surface area contributed by atoms with Gasteiger partial charge in [0.15, 0.2) is 18.1 Å². The molecule has 0 unspecified atom stereocenters. The predicted octanol–water partition coefficient (Wildman–Crippen LogP) is 2.66. The number of carbonyl (C=O) groups is 2. The SMILES string of the molecule is COc1ccc(/C=N\NC(=O)[C@H](C)Nc2ccc3ccccc3c2)cc1OCC(N)=O. The quantitative estimate of drug-likeness (QED) is 0.364. The molecule has 31 heavy (non-hydrogen) atoms. The molecule has 1 atom stereocenters.